The van der Waals surface area contributed by atoms with E-state index in [1.165, 1.54) is 32.2 Å². The summed E-state index contributed by atoms with van der Waals surface area (Å²) in [5.74, 6) is 0.767. The number of piperidine rings is 1. The van der Waals surface area contributed by atoms with Gasteiger partial charge in [-0.05, 0) is 31.7 Å². The number of likely N-dealkylation sites (tertiary alicyclic amines) is 1. The lowest BCUT2D eigenvalue weighted by molar-refractivity contribution is -0.154. The van der Waals surface area contributed by atoms with E-state index in [0.717, 1.165) is 31.7 Å². The first-order valence-corrected chi connectivity index (χ1v) is 7.08. The molecule has 1 unspecified atom stereocenters. The van der Waals surface area contributed by atoms with Crippen LogP contribution in [0.3, 0.4) is 0 Å². The summed E-state index contributed by atoms with van der Waals surface area (Å²) in [7, 11) is 0. The van der Waals surface area contributed by atoms with Gasteiger partial charge < -0.3 is 9.84 Å². The maximum Gasteiger partial charge on any atom is 0.0579 e. The summed E-state index contributed by atoms with van der Waals surface area (Å²) in [6, 6.07) is 0.729. The molecular weight excluding hydrogens is 214 g/mol. The van der Waals surface area contributed by atoms with Crippen molar-refractivity contribution in [1.29, 1.82) is 0 Å². The number of hydrogen-bond donors (Lipinski definition) is 1. The highest BCUT2D eigenvalue weighted by atomic mass is 16.5. The Morgan fingerprint density at radius 3 is 2.65 bits per heavy atom. The molecular formula is C14H27NO2. The van der Waals surface area contributed by atoms with Gasteiger partial charge in [-0.2, -0.15) is 0 Å². The van der Waals surface area contributed by atoms with Crippen molar-refractivity contribution in [2.24, 2.45) is 11.3 Å². The molecule has 2 rings (SSSR count). The average Bonchev–Trinajstić information content (AvgIpc) is 2.25. The molecule has 3 heteroatoms. The van der Waals surface area contributed by atoms with Crippen LogP contribution in [0.2, 0.25) is 0 Å². The zero-order valence-electron chi connectivity index (χ0n) is 11.3. The Kier molecular flexibility index (Phi) is 4.45. The average molecular weight is 241 g/mol. The SMILES string of the molecule is CC(C)CC1CCCCN1CC1(CO)COC1. The third-order valence-electron chi connectivity index (χ3n) is 4.18. The molecule has 2 saturated heterocycles. The van der Waals surface area contributed by atoms with Gasteiger partial charge in [-0.3, -0.25) is 4.90 Å². The second-order valence-electron chi connectivity index (χ2n) is 6.40. The van der Waals surface area contributed by atoms with Crippen LogP contribution in [0.1, 0.15) is 39.5 Å². The van der Waals surface area contributed by atoms with Crippen LogP contribution >= 0.6 is 0 Å². The molecule has 0 aliphatic carbocycles. The molecule has 0 bridgehead atoms. The highest BCUT2D eigenvalue weighted by Crippen LogP contribution is 2.32. The second kappa shape index (κ2) is 5.68. The third kappa shape index (κ3) is 3.21. The zero-order chi connectivity index (χ0) is 12.3. The van der Waals surface area contributed by atoms with Crippen molar-refractivity contribution < 1.29 is 9.84 Å². The van der Waals surface area contributed by atoms with Gasteiger partial charge in [0.05, 0.1) is 25.2 Å². The van der Waals surface area contributed by atoms with Gasteiger partial charge in [0.2, 0.25) is 0 Å². The van der Waals surface area contributed by atoms with E-state index in [1.54, 1.807) is 0 Å². The number of nitrogens with zero attached hydrogens (tertiary/aromatic N) is 1. The molecule has 0 saturated carbocycles. The van der Waals surface area contributed by atoms with E-state index in [0.29, 0.717) is 0 Å². The molecule has 0 amide bonds. The molecule has 1 atom stereocenters. The van der Waals surface area contributed by atoms with Crippen molar-refractivity contribution in [3.8, 4) is 0 Å². The maximum atomic E-state index is 9.53. The van der Waals surface area contributed by atoms with Gasteiger partial charge in [0.15, 0.2) is 0 Å². The number of hydrogen-bond acceptors (Lipinski definition) is 3. The minimum atomic E-state index is 0.0482. The Bertz CT molecular complexity index is 233. The first-order chi connectivity index (χ1) is 8.15. The Morgan fingerprint density at radius 2 is 2.12 bits per heavy atom. The van der Waals surface area contributed by atoms with E-state index in [4.69, 9.17) is 4.74 Å². The van der Waals surface area contributed by atoms with Crippen LogP contribution in [-0.2, 0) is 4.74 Å². The highest BCUT2D eigenvalue weighted by molar-refractivity contribution is 4.91. The van der Waals surface area contributed by atoms with Crippen molar-refractivity contribution in [3.05, 3.63) is 0 Å². The summed E-state index contributed by atoms with van der Waals surface area (Å²) in [5.41, 5.74) is 0.0482. The van der Waals surface area contributed by atoms with Crippen LogP contribution in [0.15, 0.2) is 0 Å². The van der Waals surface area contributed by atoms with E-state index >= 15 is 0 Å². The minimum absolute atomic E-state index is 0.0482. The Labute approximate surface area is 105 Å². The van der Waals surface area contributed by atoms with Gasteiger partial charge in [0.25, 0.3) is 0 Å². The third-order valence-corrected chi connectivity index (χ3v) is 4.18. The first kappa shape index (κ1) is 13.3. The molecule has 0 radical (unpaired) electrons. The molecule has 0 aromatic rings. The molecule has 1 N–H and O–H groups in total. The Hall–Kier alpha value is -0.120. The largest absolute Gasteiger partial charge is 0.396 e. The molecule has 0 aromatic heterocycles. The fourth-order valence-corrected chi connectivity index (χ4v) is 3.13. The number of aliphatic hydroxyl groups excluding tert-OH is 1. The van der Waals surface area contributed by atoms with Crippen LogP contribution in [0.5, 0.6) is 0 Å². The van der Waals surface area contributed by atoms with Gasteiger partial charge >= 0.3 is 0 Å². The Balaban J connectivity index is 1.91. The molecule has 2 heterocycles. The van der Waals surface area contributed by atoms with Gasteiger partial charge in [-0.25, -0.2) is 0 Å². The lowest BCUT2D eigenvalue weighted by Gasteiger charge is -2.47. The maximum absolute atomic E-state index is 9.53. The fourth-order valence-electron chi connectivity index (χ4n) is 3.13. The van der Waals surface area contributed by atoms with E-state index in [1.807, 2.05) is 0 Å². The predicted octanol–water partition coefficient (Wildman–Crippen LogP) is 1.90. The van der Waals surface area contributed by atoms with Crippen LogP contribution in [0.25, 0.3) is 0 Å². The molecule has 2 aliphatic heterocycles. The zero-order valence-corrected chi connectivity index (χ0v) is 11.3. The molecule has 0 aromatic carbocycles. The van der Waals surface area contributed by atoms with E-state index < -0.39 is 0 Å². The number of aliphatic hydroxyl groups is 1. The summed E-state index contributed by atoms with van der Waals surface area (Å²) in [6.45, 7) is 8.61. The van der Waals surface area contributed by atoms with Crippen molar-refractivity contribution in [1.82, 2.24) is 4.90 Å². The number of ether oxygens (including phenoxy) is 1. The quantitative estimate of drug-likeness (QED) is 0.798. The van der Waals surface area contributed by atoms with Gasteiger partial charge in [-0.1, -0.05) is 20.3 Å². The van der Waals surface area contributed by atoms with E-state index in [-0.39, 0.29) is 12.0 Å². The van der Waals surface area contributed by atoms with E-state index in [9.17, 15) is 5.11 Å². The van der Waals surface area contributed by atoms with Crippen LogP contribution < -0.4 is 0 Å². The Morgan fingerprint density at radius 1 is 1.35 bits per heavy atom. The first-order valence-electron chi connectivity index (χ1n) is 7.08. The summed E-state index contributed by atoms with van der Waals surface area (Å²) in [4.78, 5) is 2.61. The van der Waals surface area contributed by atoms with Crippen molar-refractivity contribution in [2.75, 3.05) is 32.9 Å². The molecule has 2 fully saturated rings. The standard InChI is InChI=1S/C14H27NO2/c1-12(2)7-13-5-3-4-6-15(13)8-14(9-16)10-17-11-14/h12-13,16H,3-11H2,1-2H3. The minimum Gasteiger partial charge on any atom is -0.396 e. The molecule has 100 valence electrons. The molecule has 2 aliphatic rings. The van der Waals surface area contributed by atoms with E-state index in [2.05, 4.69) is 18.7 Å². The normalized spacial score (nSPS) is 29.3. The number of rotatable bonds is 5. The molecule has 0 spiro atoms. The fraction of sp³-hybridized carbons (Fsp3) is 1.00. The highest BCUT2D eigenvalue weighted by Gasteiger charge is 2.41. The monoisotopic (exact) mass is 241 g/mol. The summed E-state index contributed by atoms with van der Waals surface area (Å²) in [6.07, 6.45) is 5.32. The smallest absolute Gasteiger partial charge is 0.0579 e. The van der Waals surface area contributed by atoms with Gasteiger partial charge in [0, 0.05) is 12.6 Å². The summed E-state index contributed by atoms with van der Waals surface area (Å²) in [5, 5.41) is 9.53. The van der Waals surface area contributed by atoms with Crippen LogP contribution in [-0.4, -0.2) is 49.0 Å². The lowest BCUT2D eigenvalue weighted by Crippen LogP contribution is -2.56. The lowest BCUT2D eigenvalue weighted by atomic mass is 9.84. The van der Waals surface area contributed by atoms with Crippen molar-refractivity contribution >= 4 is 0 Å². The molecule has 17 heavy (non-hydrogen) atoms. The topological polar surface area (TPSA) is 32.7 Å². The van der Waals surface area contributed by atoms with Gasteiger partial charge in [-0.15, -0.1) is 0 Å². The van der Waals surface area contributed by atoms with Crippen molar-refractivity contribution in [3.63, 3.8) is 0 Å². The van der Waals surface area contributed by atoms with Gasteiger partial charge in [0.1, 0.15) is 0 Å². The molecule has 3 nitrogen and oxygen atoms in total. The second-order valence-corrected chi connectivity index (χ2v) is 6.40. The predicted molar refractivity (Wildman–Crippen MR) is 69.0 cm³/mol. The summed E-state index contributed by atoms with van der Waals surface area (Å²) < 4.78 is 5.30. The van der Waals surface area contributed by atoms with Crippen LogP contribution in [0, 0.1) is 11.3 Å². The van der Waals surface area contributed by atoms with Crippen molar-refractivity contribution in [2.45, 2.75) is 45.6 Å². The van der Waals surface area contributed by atoms with Crippen LogP contribution in [0.4, 0.5) is 0 Å². The summed E-state index contributed by atoms with van der Waals surface area (Å²) >= 11 is 0.